The number of Topliss-reactive ketones (excluding diaryl/α,β-unsaturated/α-hetero) is 1. The van der Waals surface area contributed by atoms with E-state index < -0.39 is 16.8 Å². The van der Waals surface area contributed by atoms with Gasteiger partial charge >= 0.3 is 0 Å². The third-order valence-electron chi connectivity index (χ3n) is 11.2. The molecule has 0 aromatic rings. The average molecular weight is 489 g/mol. The maximum absolute atomic E-state index is 12.8. The molecule has 0 aromatic carbocycles. The molecule has 2 N–H and O–H groups in total. The van der Waals surface area contributed by atoms with Crippen molar-refractivity contribution in [2.75, 3.05) is 0 Å². The Morgan fingerprint density at radius 1 is 0.943 bits per heavy atom. The van der Waals surface area contributed by atoms with E-state index in [9.17, 15) is 19.8 Å². The maximum atomic E-state index is 12.8. The highest BCUT2D eigenvalue weighted by atomic mass is 16.5. The van der Waals surface area contributed by atoms with Crippen molar-refractivity contribution in [1.82, 2.24) is 0 Å². The van der Waals surface area contributed by atoms with Crippen LogP contribution in [0.1, 0.15) is 106 Å². The molecule has 5 nitrogen and oxygen atoms in total. The molecule has 0 amide bonds. The second-order valence-electron chi connectivity index (χ2n) is 14.1. The molecule has 0 aromatic heterocycles. The predicted molar refractivity (Wildman–Crippen MR) is 137 cm³/mol. The number of aldehydes is 1. The Kier molecular flexibility index (Phi) is 6.77. The minimum atomic E-state index is -0.842. The van der Waals surface area contributed by atoms with E-state index in [-0.39, 0.29) is 40.5 Å². The van der Waals surface area contributed by atoms with Crippen molar-refractivity contribution in [2.24, 2.45) is 34.5 Å². The highest BCUT2D eigenvalue weighted by Crippen LogP contribution is 2.59. The minimum Gasteiger partial charge on any atom is -0.390 e. The van der Waals surface area contributed by atoms with Crippen LogP contribution in [-0.2, 0) is 14.3 Å². The van der Waals surface area contributed by atoms with Gasteiger partial charge in [-0.3, -0.25) is 9.59 Å². The Bertz CT molecular complexity index is 881. The van der Waals surface area contributed by atoms with Gasteiger partial charge in [0, 0.05) is 6.42 Å². The number of hydrogen-bond donors (Lipinski definition) is 2. The quantitative estimate of drug-likeness (QED) is 0.517. The second-order valence-corrected chi connectivity index (χ2v) is 14.1. The molecule has 0 spiro atoms. The smallest absolute Gasteiger partial charge is 0.164 e. The Morgan fingerprint density at radius 2 is 1.60 bits per heavy atom. The van der Waals surface area contributed by atoms with Crippen LogP contribution in [0.2, 0.25) is 0 Å². The average Bonchev–Trinajstić information content (AvgIpc) is 2.96. The number of aliphatic hydroxyl groups is 2. The number of allylic oxidation sites excluding steroid dienone is 2. The number of carbonyl (C=O) groups excluding carboxylic acids is 2. The van der Waals surface area contributed by atoms with E-state index >= 15 is 0 Å². The van der Waals surface area contributed by atoms with Crippen LogP contribution in [0.15, 0.2) is 11.6 Å². The first-order valence-electron chi connectivity index (χ1n) is 13.9. The molecule has 5 heteroatoms. The van der Waals surface area contributed by atoms with Crippen molar-refractivity contribution in [3.05, 3.63) is 11.6 Å². The van der Waals surface area contributed by atoms with E-state index in [1.54, 1.807) is 0 Å². The van der Waals surface area contributed by atoms with Crippen molar-refractivity contribution in [3.8, 4) is 0 Å². The minimum absolute atomic E-state index is 0.0233. The van der Waals surface area contributed by atoms with Crippen LogP contribution in [0.25, 0.3) is 0 Å². The summed E-state index contributed by atoms with van der Waals surface area (Å²) in [5.74, 6) is 0.715. The molecule has 4 rings (SSSR count). The van der Waals surface area contributed by atoms with Gasteiger partial charge in [-0.05, 0) is 119 Å². The van der Waals surface area contributed by atoms with Crippen LogP contribution < -0.4 is 0 Å². The third kappa shape index (κ3) is 4.48. The molecule has 0 bridgehead atoms. The Balaban J connectivity index is 1.63. The van der Waals surface area contributed by atoms with Crippen molar-refractivity contribution >= 4 is 12.1 Å². The summed E-state index contributed by atoms with van der Waals surface area (Å²) >= 11 is 0. The van der Waals surface area contributed by atoms with E-state index in [1.165, 1.54) is 0 Å². The van der Waals surface area contributed by atoms with Gasteiger partial charge in [-0.2, -0.15) is 0 Å². The molecule has 8 atom stereocenters. The summed E-state index contributed by atoms with van der Waals surface area (Å²) in [6.45, 7) is 14.4. The number of rotatable bonds is 4. The molecule has 35 heavy (non-hydrogen) atoms. The molecule has 1 saturated heterocycles. The zero-order chi connectivity index (χ0) is 26.0. The Labute approximate surface area is 212 Å². The van der Waals surface area contributed by atoms with Crippen molar-refractivity contribution in [3.63, 3.8) is 0 Å². The fraction of sp³-hybridized carbons (Fsp3) is 0.867. The van der Waals surface area contributed by atoms with E-state index in [0.29, 0.717) is 18.8 Å². The van der Waals surface area contributed by atoms with Gasteiger partial charge in [-0.1, -0.05) is 26.8 Å². The van der Waals surface area contributed by atoms with Crippen LogP contribution in [0.5, 0.6) is 0 Å². The molecule has 4 aliphatic rings. The van der Waals surface area contributed by atoms with Gasteiger partial charge in [0.15, 0.2) is 5.78 Å². The number of ketones is 1. The molecule has 1 heterocycles. The molecule has 198 valence electrons. The van der Waals surface area contributed by atoms with Gasteiger partial charge in [0.2, 0.25) is 0 Å². The standard InChI is InChI=1S/C30H48O5/c1-26(2)20(19(18-31)8-9-22-21(26)12-16-29(22,6)33)10-11-23-28(5)15-13-24(32)27(3,4)35-25(28)14-17-30(23,7)34/h8,18,20-23,25,33-34H,9-17H2,1-7H3/t20-,21+,22+,23+,25+,28+,29+,30-/m1/s1. The van der Waals surface area contributed by atoms with Crippen LogP contribution in [0.3, 0.4) is 0 Å². The zero-order valence-electron chi connectivity index (χ0n) is 23.0. The number of carbonyl (C=O) groups is 2. The van der Waals surface area contributed by atoms with Gasteiger partial charge in [0.1, 0.15) is 11.9 Å². The maximum Gasteiger partial charge on any atom is 0.164 e. The lowest BCUT2D eigenvalue weighted by atomic mass is 9.55. The fourth-order valence-electron chi connectivity index (χ4n) is 8.81. The molecule has 3 fully saturated rings. The summed E-state index contributed by atoms with van der Waals surface area (Å²) in [5.41, 5.74) is -1.90. The lowest BCUT2D eigenvalue weighted by Crippen LogP contribution is -2.56. The van der Waals surface area contributed by atoms with Gasteiger partial charge in [-0.25, -0.2) is 0 Å². The van der Waals surface area contributed by atoms with Crippen molar-refractivity contribution < 1.29 is 24.5 Å². The normalized spacial score (nSPS) is 47.2. The highest BCUT2D eigenvalue weighted by Gasteiger charge is 2.58. The summed E-state index contributed by atoms with van der Waals surface area (Å²) < 4.78 is 6.46. The monoisotopic (exact) mass is 488 g/mol. The van der Waals surface area contributed by atoms with Gasteiger partial charge < -0.3 is 14.9 Å². The van der Waals surface area contributed by atoms with Gasteiger partial charge in [-0.15, -0.1) is 0 Å². The third-order valence-corrected chi connectivity index (χ3v) is 11.2. The van der Waals surface area contributed by atoms with Crippen LogP contribution in [0.4, 0.5) is 0 Å². The van der Waals surface area contributed by atoms with Crippen LogP contribution >= 0.6 is 0 Å². The molecular formula is C30H48O5. The fourth-order valence-corrected chi connectivity index (χ4v) is 8.81. The first-order chi connectivity index (χ1) is 16.1. The lowest BCUT2D eigenvalue weighted by Gasteiger charge is -2.54. The van der Waals surface area contributed by atoms with E-state index in [2.05, 4.69) is 26.8 Å². The number of ether oxygens (including phenoxy) is 1. The van der Waals surface area contributed by atoms with Crippen molar-refractivity contribution in [2.45, 2.75) is 129 Å². The predicted octanol–water partition coefficient (Wildman–Crippen LogP) is 5.41. The molecule has 3 aliphatic carbocycles. The topological polar surface area (TPSA) is 83.8 Å². The molecular weight excluding hydrogens is 440 g/mol. The van der Waals surface area contributed by atoms with Crippen molar-refractivity contribution in [1.29, 1.82) is 0 Å². The summed E-state index contributed by atoms with van der Waals surface area (Å²) in [6, 6.07) is 0. The van der Waals surface area contributed by atoms with Gasteiger partial charge in [0.25, 0.3) is 0 Å². The van der Waals surface area contributed by atoms with Crippen LogP contribution in [0, 0.1) is 34.5 Å². The summed E-state index contributed by atoms with van der Waals surface area (Å²) in [5, 5.41) is 22.7. The van der Waals surface area contributed by atoms with E-state index in [0.717, 1.165) is 56.8 Å². The first-order valence-corrected chi connectivity index (χ1v) is 13.9. The zero-order valence-corrected chi connectivity index (χ0v) is 23.0. The highest BCUT2D eigenvalue weighted by molar-refractivity contribution is 5.86. The van der Waals surface area contributed by atoms with Gasteiger partial charge in [0.05, 0.1) is 17.3 Å². The number of hydrogen-bond acceptors (Lipinski definition) is 5. The summed E-state index contributed by atoms with van der Waals surface area (Å²) in [6.07, 6.45) is 9.78. The lowest BCUT2D eigenvalue weighted by molar-refractivity contribution is -0.196. The Morgan fingerprint density at radius 3 is 2.26 bits per heavy atom. The largest absolute Gasteiger partial charge is 0.390 e. The molecule has 0 radical (unpaired) electrons. The van der Waals surface area contributed by atoms with E-state index in [4.69, 9.17) is 4.74 Å². The number of fused-ring (bicyclic) bond motifs is 2. The molecule has 1 aliphatic heterocycles. The molecule has 0 unspecified atom stereocenters. The Hall–Kier alpha value is -1.04. The SMILES string of the molecule is CC1(C)O[C@H]2CC[C@@](C)(O)[C@@H](CC[C@@H]3C(C=O)=CC[C@H]4[C@H](CC[C@]4(C)O)C3(C)C)[C@]2(C)CCC1=O. The molecule has 2 saturated carbocycles. The second kappa shape index (κ2) is 8.77. The van der Waals surface area contributed by atoms with Crippen LogP contribution in [-0.4, -0.2) is 45.2 Å². The summed E-state index contributed by atoms with van der Waals surface area (Å²) in [4.78, 5) is 25.1. The summed E-state index contributed by atoms with van der Waals surface area (Å²) in [7, 11) is 0. The first kappa shape index (κ1) is 27.0. The van der Waals surface area contributed by atoms with E-state index in [1.807, 2.05) is 27.7 Å².